The SMILES string of the molecule is Cc1cc(N)cc(C(=O)NCCN(C(C)C)C(C)C)c1F. The molecule has 5 heteroatoms. The average Bonchev–Trinajstić information content (AvgIpc) is 2.37. The third-order valence-corrected chi connectivity index (χ3v) is 3.50. The summed E-state index contributed by atoms with van der Waals surface area (Å²) in [5.74, 6) is -0.929. The van der Waals surface area contributed by atoms with Crippen molar-refractivity contribution in [3.63, 3.8) is 0 Å². The Morgan fingerprint density at radius 3 is 2.38 bits per heavy atom. The number of anilines is 1. The topological polar surface area (TPSA) is 58.4 Å². The molecule has 0 aromatic heterocycles. The zero-order valence-electron chi connectivity index (χ0n) is 13.5. The van der Waals surface area contributed by atoms with Crippen LogP contribution in [-0.4, -0.2) is 36.0 Å². The minimum Gasteiger partial charge on any atom is -0.399 e. The number of nitrogens with zero attached hydrogens (tertiary/aromatic N) is 1. The zero-order valence-corrected chi connectivity index (χ0v) is 13.5. The molecule has 1 aromatic rings. The van der Waals surface area contributed by atoms with Gasteiger partial charge in [-0.15, -0.1) is 0 Å². The molecule has 0 heterocycles. The summed E-state index contributed by atoms with van der Waals surface area (Å²) >= 11 is 0. The number of hydrogen-bond donors (Lipinski definition) is 2. The first kappa shape index (κ1) is 17.4. The van der Waals surface area contributed by atoms with Crippen molar-refractivity contribution in [2.24, 2.45) is 0 Å². The molecule has 1 amide bonds. The second-order valence-electron chi connectivity index (χ2n) is 5.88. The molecule has 0 bridgehead atoms. The largest absolute Gasteiger partial charge is 0.399 e. The highest BCUT2D eigenvalue weighted by molar-refractivity contribution is 5.95. The van der Waals surface area contributed by atoms with Gasteiger partial charge in [-0.1, -0.05) is 0 Å². The van der Waals surface area contributed by atoms with Crippen LogP contribution in [0, 0.1) is 12.7 Å². The highest BCUT2D eigenvalue weighted by Gasteiger charge is 2.16. The highest BCUT2D eigenvalue weighted by Crippen LogP contribution is 2.16. The molecule has 0 aliphatic rings. The summed E-state index contributed by atoms with van der Waals surface area (Å²) in [6.45, 7) is 11.3. The minimum absolute atomic E-state index is 0.00754. The number of nitrogens with two attached hydrogens (primary N) is 1. The number of nitrogen functional groups attached to an aromatic ring is 1. The fourth-order valence-corrected chi connectivity index (χ4v) is 2.47. The molecular formula is C16H26FN3O. The summed E-state index contributed by atoms with van der Waals surface area (Å²) < 4.78 is 13.9. The van der Waals surface area contributed by atoms with Gasteiger partial charge >= 0.3 is 0 Å². The van der Waals surface area contributed by atoms with Gasteiger partial charge in [0.25, 0.3) is 5.91 Å². The maximum absolute atomic E-state index is 13.9. The quantitative estimate of drug-likeness (QED) is 0.793. The lowest BCUT2D eigenvalue weighted by atomic mass is 10.1. The van der Waals surface area contributed by atoms with Crippen LogP contribution in [0.1, 0.15) is 43.6 Å². The first-order valence-corrected chi connectivity index (χ1v) is 7.33. The summed E-state index contributed by atoms with van der Waals surface area (Å²) in [5, 5.41) is 2.76. The van der Waals surface area contributed by atoms with Crippen molar-refractivity contribution >= 4 is 11.6 Å². The van der Waals surface area contributed by atoms with E-state index in [1.54, 1.807) is 6.92 Å². The van der Waals surface area contributed by atoms with Crippen molar-refractivity contribution in [2.75, 3.05) is 18.8 Å². The number of amides is 1. The summed E-state index contributed by atoms with van der Waals surface area (Å²) in [5.41, 5.74) is 6.45. The predicted octanol–water partition coefficient (Wildman–Crippen LogP) is 2.56. The van der Waals surface area contributed by atoms with Crippen molar-refractivity contribution in [3.8, 4) is 0 Å². The maximum Gasteiger partial charge on any atom is 0.254 e. The number of nitrogens with one attached hydrogen (secondary N) is 1. The van der Waals surface area contributed by atoms with E-state index >= 15 is 0 Å². The van der Waals surface area contributed by atoms with Crippen molar-refractivity contribution in [2.45, 2.75) is 46.7 Å². The van der Waals surface area contributed by atoms with Crippen LogP contribution in [-0.2, 0) is 0 Å². The normalized spacial score (nSPS) is 11.5. The molecule has 0 saturated heterocycles. The van der Waals surface area contributed by atoms with Crippen LogP contribution in [0.5, 0.6) is 0 Å². The second-order valence-corrected chi connectivity index (χ2v) is 5.88. The molecule has 118 valence electrons. The van der Waals surface area contributed by atoms with Gasteiger partial charge in [0, 0.05) is 30.9 Å². The smallest absolute Gasteiger partial charge is 0.254 e. The van der Waals surface area contributed by atoms with E-state index in [1.807, 2.05) is 0 Å². The Morgan fingerprint density at radius 1 is 1.29 bits per heavy atom. The summed E-state index contributed by atoms with van der Waals surface area (Å²) in [6, 6.07) is 3.69. The van der Waals surface area contributed by atoms with E-state index in [0.29, 0.717) is 29.9 Å². The first-order chi connectivity index (χ1) is 9.73. The van der Waals surface area contributed by atoms with Crippen LogP contribution >= 0.6 is 0 Å². The zero-order chi connectivity index (χ0) is 16.2. The monoisotopic (exact) mass is 295 g/mol. The molecule has 0 spiro atoms. The number of benzene rings is 1. The molecule has 1 rings (SSSR count). The Morgan fingerprint density at radius 2 is 1.86 bits per heavy atom. The van der Waals surface area contributed by atoms with E-state index in [4.69, 9.17) is 5.73 Å². The Kier molecular flexibility index (Phi) is 6.15. The van der Waals surface area contributed by atoms with Gasteiger partial charge in [-0.05, 0) is 52.3 Å². The van der Waals surface area contributed by atoms with Gasteiger partial charge in [-0.2, -0.15) is 0 Å². The van der Waals surface area contributed by atoms with Gasteiger partial charge in [0.2, 0.25) is 0 Å². The molecule has 0 aliphatic carbocycles. The van der Waals surface area contributed by atoms with Gasteiger partial charge < -0.3 is 11.1 Å². The Balaban J connectivity index is 2.67. The van der Waals surface area contributed by atoms with Crippen LogP contribution in [0.15, 0.2) is 12.1 Å². The van der Waals surface area contributed by atoms with Gasteiger partial charge in [0.05, 0.1) is 5.56 Å². The second kappa shape index (κ2) is 7.41. The molecule has 0 radical (unpaired) electrons. The molecule has 0 unspecified atom stereocenters. The molecule has 1 aromatic carbocycles. The molecule has 21 heavy (non-hydrogen) atoms. The third kappa shape index (κ3) is 4.70. The van der Waals surface area contributed by atoms with Gasteiger partial charge in [0.15, 0.2) is 0 Å². The minimum atomic E-state index is -0.508. The first-order valence-electron chi connectivity index (χ1n) is 7.33. The van der Waals surface area contributed by atoms with E-state index in [0.717, 1.165) is 6.54 Å². The Bertz CT molecular complexity index is 493. The molecule has 3 N–H and O–H groups in total. The standard InChI is InChI=1S/C16H26FN3O/c1-10(2)20(11(3)4)7-6-19-16(21)14-9-13(18)8-12(5)15(14)17/h8-11H,6-7,18H2,1-5H3,(H,19,21). The van der Waals surface area contributed by atoms with Crippen molar-refractivity contribution in [1.82, 2.24) is 10.2 Å². The predicted molar refractivity (Wildman–Crippen MR) is 84.9 cm³/mol. The Hall–Kier alpha value is -1.62. The van der Waals surface area contributed by atoms with E-state index in [-0.39, 0.29) is 5.56 Å². The number of carbonyl (C=O) groups excluding carboxylic acids is 1. The van der Waals surface area contributed by atoms with E-state index < -0.39 is 11.7 Å². The molecule has 0 saturated carbocycles. The lowest BCUT2D eigenvalue weighted by Crippen LogP contribution is -2.42. The highest BCUT2D eigenvalue weighted by atomic mass is 19.1. The fourth-order valence-electron chi connectivity index (χ4n) is 2.47. The van der Waals surface area contributed by atoms with Gasteiger partial charge in [-0.25, -0.2) is 4.39 Å². The van der Waals surface area contributed by atoms with Crippen molar-refractivity contribution in [3.05, 3.63) is 29.1 Å². The number of carbonyl (C=O) groups is 1. The van der Waals surface area contributed by atoms with Crippen LogP contribution in [0.4, 0.5) is 10.1 Å². The average molecular weight is 295 g/mol. The third-order valence-electron chi connectivity index (χ3n) is 3.50. The van der Waals surface area contributed by atoms with Crippen molar-refractivity contribution in [1.29, 1.82) is 0 Å². The molecule has 0 aliphatic heterocycles. The molecule has 0 atom stereocenters. The van der Waals surface area contributed by atoms with Gasteiger partial charge in [-0.3, -0.25) is 9.69 Å². The van der Waals surface area contributed by atoms with E-state index in [2.05, 4.69) is 37.9 Å². The number of hydrogen-bond acceptors (Lipinski definition) is 3. The molecule has 0 fully saturated rings. The summed E-state index contributed by atoms with van der Waals surface area (Å²) in [6.07, 6.45) is 0. The van der Waals surface area contributed by atoms with Crippen LogP contribution in [0.3, 0.4) is 0 Å². The number of aryl methyl sites for hydroxylation is 1. The lowest BCUT2D eigenvalue weighted by Gasteiger charge is -2.30. The Labute approximate surface area is 126 Å². The van der Waals surface area contributed by atoms with E-state index in [9.17, 15) is 9.18 Å². The molecule has 4 nitrogen and oxygen atoms in total. The van der Waals surface area contributed by atoms with Crippen LogP contribution < -0.4 is 11.1 Å². The number of halogens is 1. The summed E-state index contributed by atoms with van der Waals surface area (Å²) in [4.78, 5) is 14.3. The maximum atomic E-state index is 13.9. The summed E-state index contributed by atoms with van der Waals surface area (Å²) in [7, 11) is 0. The van der Waals surface area contributed by atoms with E-state index in [1.165, 1.54) is 12.1 Å². The fraction of sp³-hybridized carbons (Fsp3) is 0.562. The molecular weight excluding hydrogens is 269 g/mol. The van der Waals surface area contributed by atoms with Crippen molar-refractivity contribution < 1.29 is 9.18 Å². The lowest BCUT2D eigenvalue weighted by molar-refractivity contribution is 0.0935. The van der Waals surface area contributed by atoms with Crippen LogP contribution in [0.25, 0.3) is 0 Å². The van der Waals surface area contributed by atoms with Crippen LogP contribution in [0.2, 0.25) is 0 Å². The number of rotatable bonds is 6. The van der Waals surface area contributed by atoms with Gasteiger partial charge in [0.1, 0.15) is 5.82 Å².